The molecule has 1 saturated heterocycles. The third-order valence-corrected chi connectivity index (χ3v) is 4.88. The number of rotatable bonds is 6. The van der Waals surface area contributed by atoms with Crippen molar-refractivity contribution in [3.05, 3.63) is 34.9 Å². The Bertz CT molecular complexity index is 609. The lowest BCUT2D eigenvalue weighted by Gasteiger charge is -2.34. The van der Waals surface area contributed by atoms with Gasteiger partial charge in [0.05, 0.1) is 5.41 Å². The summed E-state index contributed by atoms with van der Waals surface area (Å²) < 4.78 is 5.25. The minimum absolute atomic E-state index is 0.128. The number of hydrogen-bond acceptors (Lipinski definition) is 3. The van der Waals surface area contributed by atoms with Crippen LogP contribution in [0.3, 0.4) is 0 Å². The quantitative estimate of drug-likeness (QED) is 0.824. The van der Waals surface area contributed by atoms with Gasteiger partial charge in [-0.05, 0) is 37.0 Å². The maximum atomic E-state index is 12.6. The van der Waals surface area contributed by atoms with E-state index in [0.29, 0.717) is 37.5 Å². The highest BCUT2D eigenvalue weighted by molar-refractivity contribution is 6.30. The van der Waals surface area contributed by atoms with E-state index in [1.54, 1.807) is 6.07 Å². The Hall–Kier alpha value is -1.59. The molecule has 0 atom stereocenters. The van der Waals surface area contributed by atoms with E-state index in [1.165, 1.54) is 0 Å². The van der Waals surface area contributed by atoms with Crippen LogP contribution in [0.4, 0.5) is 0 Å². The molecule has 1 heterocycles. The van der Waals surface area contributed by atoms with Gasteiger partial charge in [0.2, 0.25) is 5.91 Å². The molecule has 1 aromatic rings. The van der Waals surface area contributed by atoms with Crippen molar-refractivity contribution in [1.82, 2.24) is 5.32 Å². The second-order valence-corrected chi connectivity index (χ2v) is 7.51. The summed E-state index contributed by atoms with van der Waals surface area (Å²) in [4.78, 5) is 24.2. The van der Waals surface area contributed by atoms with Gasteiger partial charge in [0.15, 0.2) is 0 Å². The summed E-state index contributed by atoms with van der Waals surface area (Å²) in [5.74, 6) is -1.03. The highest BCUT2D eigenvalue weighted by Crippen LogP contribution is 2.31. The Morgan fingerprint density at radius 1 is 1.33 bits per heavy atom. The molecular weight excluding hydrogens is 330 g/mol. The molecule has 0 bridgehead atoms. The molecule has 0 aromatic heterocycles. The molecular formula is C18H24ClNO4. The van der Waals surface area contributed by atoms with Gasteiger partial charge < -0.3 is 15.2 Å². The average Bonchev–Trinajstić information content (AvgIpc) is 2.53. The predicted octanol–water partition coefficient (Wildman–Crippen LogP) is 2.91. The summed E-state index contributed by atoms with van der Waals surface area (Å²) in [6.45, 7) is 4.65. The lowest BCUT2D eigenvalue weighted by molar-refractivity contribution is -0.155. The summed E-state index contributed by atoms with van der Waals surface area (Å²) in [5, 5.41) is 13.0. The molecule has 0 spiro atoms. The van der Waals surface area contributed by atoms with Crippen molar-refractivity contribution in [2.45, 2.75) is 33.1 Å². The number of aliphatic carboxylic acids is 1. The highest BCUT2D eigenvalue weighted by atomic mass is 35.5. The van der Waals surface area contributed by atoms with Gasteiger partial charge in [-0.15, -0.1) is 0 Å². The summed E-state index contributed by atoms with van der Waals surface area (Å²) in [7, 11) is 0. The first-order valence-electron chi connectivity index (χ1n) is 8.09. The van der Waals surface area contributed by atoms with Gasteiger partial charge in [-0.25, -0.2) is 0 Å². The van der Waals surface area contributed by atoms with Crippen molar-refractivity contribution in [3.63, 3.8) is 0 Å². The van der Waals surface area contributed by atoms with Gasteiger partial charge in [0.25, 0.3) is 0 Å². The van der Waals surface area contributed by atoms with Crippen LogP contribution in [0.25, 0.3) is 0 Å². The molecule has 1 amide bonds. The third-order valence-electron chi connectivity index (χ3n) is 4.64. The van der Waals surface area contributed by atoms with Crippen LogP contribution in [0, 0.1) is 10.8 Å². The molecule has 1 aliphatic heterocycles. The van der Waals surface area contributed by atoms with E-state index in [-0.39, 0.29) is 12.5 Å². The fourth-order valence-corrected chi connectivity index (χ4v) is 3.17. The van der Waals surface area contributed by atoms with E-state index in [2.05, 4.69) is 5.32 Å². The Morgan fingerprint density at radius 2 is 2.00 bits per heavy atom. The minimum Gasteiger partial charge on any atom is -0.481 e. The van der Waals surface area contributed by atoms with E-state index in [9.17, 15) is 14.7 Å². The van der Waals surface area contributed by atoms with Gasteiger partial charge in [0.1, 0.15) is 0 Å². The highest BCUT2D eigenvalue weighted by Gasteiger charge is 2.41. The van der Waals surface area contributed by atoms with E-state index in [1.807, 2.05) is 32.0 Å². The summed E-state index contributed by atoms with van der Waals surface area (Å²) in [6, 6.07) is 7.42. The molecule has 5 nitrogen and oxygen atoms in total. The molecule has 1 aromatic carbocycles. The first-order chi connectivity index (χ1) is 11.3. The molecule has 0 unspecified atom stereocenters. The number of nitrogens with one attached hydrogen (secondary N) is 1. The summed E-state index contributed by atoms with van der Waals surface area (Å²) in [6.07, 6.45) is 1.36. The molecule has 24 heavy (non-hydrogen) atoms. The molecule has 2 rings (SSSR count). The van der Waals surface area contributed by atoms with Crippen molar-refractivity contribution in [3.8, 4) is 0 Å². The van der Waals surface area contributed by atoms with Crippen molar-refractivity contribution in [1.29, 1.82) is 0 Å². The normalized spacial score (nSPS) is 17.3. The molecule has 0 aliphatic carbocycles. The Kier molecular flexibility index (Phi) is 5.88. The lowest BCUT2D eigenvalue weighted by Crippen LogP contribution is -2.49. The van der Waals surface area contributed by atoms with Crippen LogP contribution in [0.15, 0.2) is 24.3 Å². The van der Waals surface area contributed by atoms with Gasteiger partial charge in [-0.3, -0.25) is 9.59 Å². The molecule has 6 heteroatoms. The second kappa shape index (κ2) is 7.53. The van der Waals surface area contributed by atoms with Crippen molar-refractivity contribution >= 4 is 23.5 Å². The second-order valence-electron chi connectivity index (χ2n) is 7.07. The average molecular weight is 354 g/mol. The Morgan fingerprint density at radius 3 is 2.58 bits per heavy atom. The van der Waals surface area contributed by atoms with Crippen LogP contribution >= 0.6 is 11.6 Å². The number of carboxylic acids is 1. The van der Waals surface area contributed by atoms with Crippen LogP contribution < -0.4 is 5.32 Å². The molecule has 2 N–H and O–H groups in total. The Labute approximate surface area is 147 Å². The monoisotopic (exact) mass is 353 g/mol. The number of carboxylic acid groups (broad SMARTS) is 1. The number of carbonyl (C=O) groups excluding carboxylic acids is 1. The molecule has 1 fully saturated rings. The maximum absolute atomic E-state index is 12.6. The molecule has 132 valence electrons. The fraction of sp³-hybridized carbons (Fsp3) is 0.556. The smallest absolute Gasteiger partial charge is 0.311 e. The maximum Gasteiger partial charge on any atom is 0.311 e. The standard InChI is InChI=1S/C18H24ClNO4/c1-17(2,11-13-4-3-5-14(19)10-13)15(21)20-12-18(16(22)23)6-8-24-9-7-18/h3-5,10H,6-9,11-12H2,1-2H3,(H,20,21)(H,22,23). The third kappa shape index (κ3) is 4.48. The van der Waals surface area contributed by atoms with Crippen molar-refractivity contribution in [2.24, 2.45) is 10.8 Å². The lowest BCUT2D eigenvalue weighted by atomic mass is 9.79. The number of carbonyl (C=O) groups is 2. The topological polar surface area (TPSA) is 75.6 Å². The zero-order chi connectivity index (χ0) is 17.8. The van der Waals surface area contributed by atoms with E-state index < -0.39 is 16.8 Å². The molecule has 0 radical (unpaired) electrons. The number of benzene rings is 1. The van der Waals surface area contributed by atoms with Crippen LogP contribution in [0.2, 0.25) is 5.02 Å². The van der Waals surface area contributed by atoms with Gasteiger partial charge >= 0.3 is 5.97 Å². The first kappa shape index (κ1) is 18.7. The zero-order valence-corrected chi connectivity index (χ0v) is 14.9. The van der Waals surface area contributed by atoms with Crippen LogP contribution in [0.1, 0.15) is 32.3 Å². The molecule has 0 saturated carbocycles. The fourth-order valence-electron chi connectivity index (χ4n) is 2.95. The van der Waals surface area contributed by atoms with Gasteiger partial charge in [0, 0.05) is 30.2 Å². The van der Waals surface area contributed by atoms with Gasteiger partial charge in [-0.1, -0.05) is 37.6 Å². The number of halogens is 1. The van der Waals surface area contributed by atoms with E-state index in [4.69, 9.17) is 16.3 Å². The zero-order valence-electron chi connectivity index (χ0n) is 14.1. The van der Waals surface area contributed by atoms with Crippen LogP contribution in [0.5, 0.6) is 0 Å². The van der Waals surface area contributed by atoms with E-state index >= 15 is 0 Å². The van der Waals surface area contributed by atoms with Gasteiger partial charge in [-0.2, -0.15) is 0 Å². The van der Waals surface area contributed by atoms with Crippen LogP contribution in [-0.2, 0) is 20.7 Å². The Balaban J connectivity index is 2.00. The van der Waals surface area contributed by atoms with Crippen LogP contribution in [-0.4, -0.2) is 36.7 Å². The van der Waals surface area contributed by atoms with Crippen molar-refractivity contribution in [2.75, 3.05) is 19.8 Å². The largest absolute Gasteiger partial charge is 0.481 e. The van der Waals surface area contributed by atoms with Crippen molar-refractivity contribution < 1.29 is 19.4 Å². The predicted molar refractivity (Wildman–Crippen MR) is 92.1 cm³/mol. The molecule has 1 aliphatic rings. The SMILES string of the molecule is CC(C)(Cc1cccc(Cl)c1)C(=O)NCC1(C(=O)O)CCOCC1. The summed E-state index contributed by atoms with van der Waals surface area (Å²) >= 11 is 5.99. The van der Waals surface area contributed by atoms with E-state index in [0.717, 1.165) is 5.56 Å². The number of hydrogen-bond donors (Lipinski definition) is 2. The number of ether oxygens (including phenoxy) is 1. The summed E-state index contributed by atoms with van der Waals surface area (Å²) in [5.41, 5.74) is -0.614. The minimum atomic E-state index is -0.931. The number of amides is 1. The first-order valence-corrected chi connectivity index (χ1v) is 8.47.